The van der Waals surface area contributed by atoms with E-state index in [2.05, 4.69) is 19.2 Å². The molecule has 18 heavy (non-hydrogen) atoms. The Balaban J connectivity index is 1.98. The van der Waals surface area contributed by atoms with Gasteiger partial charge in [-0.25, -0.2) is 4.39 Å². The zero-order valence-corrected chi connectivity index (χ0v) is 11.7. The fraction of sp³-hybridized carbons (Fsp3) is 0.571. The monoisotopic (exact) mass is 271 g/mol. The maximum Gasteiger partial charge on any atom is 0.129 e. The van der Waals surface area contributed by atoms with Gasteiger partial charge in [0.15, 0.2) is 0 Å². The first-order chi connectivity index (χ1) is 8.46. The van der Waals surface area contributed by atoms with E-state index in [9.17, 15) is 4.39 Å². The van der Waals surface area contributed by atoms with Crippen LogP contribution in [0.5, 0.6) is 0 Å². The summed E-state index contributed by atoms with van der Waals surface area (Å²) in [5.41, 5.74) is 0.614. The molecule has 0 heterocycles. The van der Waals surface area contributed by atoms with Crippen LogP contribution in [-0.2, 0) is 11.3 Å². The van der Waals surface area contributed by atoms with Crippen molar-refractivity contribution in [3.8, 4) is 0 Å². The topological polar surface area (TPSA) is 21.3 Å². The van der Waals surface area contributed by atoms with Crippen LogP contribution in [0.3, 0.4) is 0 Å². The maximum absolute atomic E-state index is 13.6. The summed E-state index contributed by atoms with van der Waals surface area (Å²) in [7, 11) is 1.73. The molecule has 0 bridgehead atoms. The first-order valence-electron chi connectivity index (χ1n) is 6.16. The molecule has 0 aliphatic heterocycles. The van der Waals surface area contributed by atoms with Gasteiger partial charge in [-0.05, 0) is 18.6 Å². The molecule has 1 aliphatic carbocycles. The van der Waals surface area contributed by atoms with E-state index in [4.69, 9.17) is 16.3 Å². The molecule has 0 aromatic heterocycles. The highest BCUT2D eigenvalue weighted by molar-refractivity contribution is 6.31. The molecule has 1 N–H and O–H groups in total. The second kappa shape index (κ2) is 5.16. The number of ether oxygens (including phenoxy) is 1. The molecular weight excluding hydrogens is 253 g/mol. The number of nitrogens with one attached hydrogen (secondary N) is 1. The standard InChI is InChI=1S/C14H19ClFNO/c1-14(2)12(7-13(14)18-3)17-8-9-10(15)5-4-6-11(9)16/h4-6,12-13,17H,7-8H2,1-3H3. The minimum atomic E-state index is -0.254. The number of hydrogen-bond acceptors (Lipinski definition) is 2. The lowest BCUT2D eigenvalue weighted by Gasteiger charge is -2.51. The molecule has 4 heteroatoms. The van der Waals surface area contributed by atoms with E-state index < -0.39 is 0 Å². The quantitative estimate of drug-likeness (QED) is 0.906. The molecule has 2 unspecified atom stereocenters. The predicted octanol–water partition coefficient (Wildman–Crippen LogP) is 3.38. The number of hydrogen-bond donors (Lipinski definition) is 1. The summed E-state index contributed by atoms with van der Waals surface area (Å²) in [5.74, 6) is -0.254. The van der Waals surface area contributed by atoms with Crippen molar-refractivity contribution >= 4 is 11.6 Å². The van der Waals surface area contributed by atoms with E-state index in [1.807, 2.05) is 0 Å². The summed E-state index contributed by atoms with van der Waals surface area (Å²) in [6.45, 7) is 4.77. The summed E-state index contributed by atoms with van der Waals surface area (Å²) in [6.07, 6.45) is 1.22. The lowest BCUT2D eigenvalue weighted by Crippen LogP contribution is -2.60. The molecule has 100 valence electrons. The molecule has 1 aromatic carbocycles. The molecule has 0 amide bonds. The number of methoxy groups -OCH3 is 1. The van der Waals surface area contributed by atoms with Crippen molar-refractivity contribution in [3.05, 3.63) is 34.6 Å². The maximum atomic E-state index is 13.6. The molecule has 0 saturated heterocycles. The molecule has 2 nitrogen and oxygen atoms in total. The van der Waals surface area contributed by atoms with Crippen molar-refractivity contribution in [3.63, 3.8) is 0 Å². The SMILES string of the molecule is COC1CC(NCc2c(F)cccc2Cl)C1(C)C. The molecule has 2 atom stereocenters. The Bertz CT molecular complexity index is 416. The summed E-state index contributed by atoms with van der Waals surface area (Å²) in [6, 6.07) is 5.10. The largest absolute Gasteiger partial charge is 0.381 e. The molecule has 0 spiro atoms. The first-order valence-corrected chi connectivity index (χ1v) is 6.53. The van der Waals surface area contributed by atoms with Gasteiger partial charge in [0, 0.05) is 35.7 Å². The Labute approximate surface area is 112 Å². The Kier molecular flexibility index (Phi) is 3.95. The van der Waals surface area contributed by atoms with E-state index in [-0.39, 0.29) is 17.3 Å². The summed E-state index contributed by atoms with van der Waals surface area (Å²) in [5, 5.41) is 3.84. The van der Waals surface area contributed by atoms with Gasteiger partial charge in [0.25, 0.3) is 0 Å². The molecule has 0 radical (unpaired) electrons. The highest BCUT2D eigenvalue weighted by atomic mass is 35.5. The third-order valence-corrected chi connectivity index (χ3v) is 4.40. The first kappa shape index (κ1) is 13.8. The van der Waals surface area contributed by atoms with Gasteiger partial charge in [-0.1, -0.05) is 31.5 Å². The molecule has 1 fully saturated rings. The van der Waals surface area contributed by atoms with Crippen molar-refractivity contribution < 1.29 is 9.13 Å². The lowest BCUT2D eigenvalue weighted by molar-refractivity contribution is -0.0979. The van der Waals surface area contributed by atoms with Crippen LogP contribution < -0.4 is 5.32 Å². The Morgan fingerprint density at radius 3 is 2.78 bits per heavy atom. The molecule has 2 rings (SSSR count). The molecular formula is C14H19ClFNO. The van der Waals surface area contributed by atoms with Gasteiger partial charge in [-0.15, -0.1) is 0 Å². The number of rotatable bonds is 4. The van der Waals surface area contributed by atoms with E-state index in [0.29, 0.717) is 23.2 Å². The van der Waals surface area contributed by atoms with Crippen LogP contribution in [0.15, 0.2) is 18.2 Å². The van der Waals surface area contributed by atoms with Crippen molar-refractivity contribution in [2.45, 2.75) is 39.0 Å². The van der Waals surface area contributed by atoms with Crippen LogP contribution in [0.25, 0.3) is 0 Å². The fourth-order valence-electron chi connectivity index (χ4n) is 2.56. The molecule has 1 saturated carbocycles. The average Bonchev–Trinajstić information content (AvgIpc) is 2.31. The van der Waals surface area contributed by atoms with Crippen molar-refractivity contribution in [2.24, 2.45) is 5.41 Å². The minimum Gasteiger partial charge on any atom is -0.381 e. The van der Waals surface area contributed by atoms with Gasteiger partial charge in [0.1, 0.15) is 5.82 Å². The highest BCUT2D eigenvalue weighted by Crippen LogP contribution is 2.42. The van der Waals surface area contributed by atoms with Crippen molar-refractivity contribution in [2.75, 3.05) is 7.11 Å². The molecule has 1 aliphatic rings. The second-order valence-corrected chi connectivity index (χ2v) is 5.82. The highest BCUT2D eigenvalue weighted by Gasteiger charge is 2.48. The number of benzene rings is 1. The van der Waals surface area contributed by atoms with Crippen molar-refractivity contribution in [1.82, 2.24) is 5.32 Å². The minimum absolute atomic E-state index is 0.0759. The fourth-order valence-corrected chi connectivity index (χ4v) is 2.79. The van der Waals surface area contributed by atoms with E-state index in [1.165, 1.54) is 6.07 Å². The van der Waals surface area contributed by atoms with Crippen molar-refractivity contribution in [1.29, 1.82) is 0 Å². The third-order valence-electron chi connectivity index (χ3n) is 4.05. The zero-order valence-electron chi connectivity index (χ0n) is 11.0. The van der Waals surface area contributed by atoms with Gasteiger partial charge >= 0.3 is 0 Å². The van der Waals surface area contributed by atoms with Crippen LogP contribution in [-0.4, -0.2) is 19.3 Å². The van der Waals surface area contributed by atoms with Crippen LogP contribution in [0.1, 0.15) is 25.8 Å². The van der Waals surface area contributed by atoms with Gasteiger partial charge in [0.05, 0.1) is 6.10 Å². The zero-order chi connectivity index (χ0) is 13.3. The van der Waals surface area contributed by atoms with Crippen LogP contribution in [0.4, 0.5) is 4.39 Å². The van der Waals surface area contributed by atoms with Gasteiger partial charge in [0.2, 0.25) is 0 Å². The van der Waals surface area contributed by atoms with Crippen LogP contribution in [0, 0.1) is 11.2 Å². The molecule has 1 aromatic rings. The Morgan fingerprint density at radius 1 is 1.50 bits per heavy atom. The van der Waals surface area contributed by atoms with Crippen LogP contribution in [0.2, 0.25) is 5.02 Å². The second-order valence-electron chi connectivity index (χ2n) is 5.42. The normalized spacial score (nSPS) is 25.8. The van der Waals surface area contributed by atoms with Gasteiger partial charge in [-0.3, -0.25) is 0 Å². The summed E-state index contributed by atoms with van der Waals surface area (Å²) in [4.78, 5) is 0. The Hall–Kier alpha value is -0.640. The predicted molar refractivity (Wildman–Crippen MR) is 71.2 cm³/mol. The number of halogens is 2. The van der Waals surface area contributed by atoms with Crippen LogP contribution >= 0.6 is 11.6 Å². The van der Waals surface area contributed by atoms with Gasteiger partial charge < -0.3 is 10.1 Å². The van der Waals surface area contributed by atoms with E-state index in [0.717, 1.165) is 6.42 Å². The Morgan fingerprint density at radius 2 is 2.22 bits per heavy atom. The summed E-state index contributed by atoms with van der Waals surface area (Å²) < 4.78 is 19.0. The smallest absolute Gasteiger partial charge is 0.129 e. The summed E-state index contributed by atoms with van der Waals surface area (Å²) >= 11 is 6.00. The van der Waals surface area contributed by atoms with E-state index >= 15 is 0 Å². The van der Waals surface area contributed by atoms with E-state index in [1.54, 1.807) is 19.2 Å². The lowest BCUT2D eigenvalue weighted by atomic mass is 9.64. The van der Waals surface area contributed by atoms with Gasteiger partial charge in [-0.2, -0.15) is 0 Å². The average molecular weight is 272 g/mol. The third kappa shape index (κ3) is 2.40.